The topological polar surface area (TPSA) is 99.6 Å². The van der Waals surface area contributed by atoms with Gasteiger partial charge >= 0.3 is 6.18 Å². The van der Waals surface area contributed by atoms with Crippen LogP contribution >= 0.6 is 0 Å². The number of halogens is 3. The Morgan fingerprint density at radius 1 is 0.947 bits per heavy atom. The van der Waals surface area contributed by atoms with Gasteiger partial charge in [0.2, 0.25) is 0 Å². The van der Waals surface area contributed by atoms with E-state index in [1.165, 1.54) is 48.7 Å². The van der Waals surface area contributed by atoms with Crippen LogP contribution in [0.3, 0.4) is 0 Å². The summed E-state index contributed by atoms with van der Waals surface area (Å²) >= 11 is 0. The number of aromatic nitrogens is 1. The molecule has 0 spiro atoms. The fourth-order valence-electron chi connectivity index (χ4n) is 3.97. The second kappa shape index (κ2) is 10.6. The number of hydrogen-bond acceptors (Lipinski definition) is 5. The molecule has 1 heterocycles. The van der Waals surface area contributed by atoms with Crippen molar-refractivity contribution in [3.8, 4) is 11.1 Å². The van der Waals surface area contributed by atoms with Gasteiger partial charge in [0.15, 0.2) is 0 Å². The quantitative estimate of drug-likeness (QED) is 0.235. The lowest BCUT2D eigenvalue weighted by atomic mass is 10.0. The lowest BCUT2D eigenvalue weighted by Crippen LogP contribution is -2.34. The molecule has 0 saturated carbocycles. The molecule has 0 radical (unpaired) electrons. The minimum atomic E-state index is -4.46. The number of benzene rings is 3. The molecule has 11 heteroatoms. The molecule has 2 N–H and O–H groups in total. The van der Waals surface area contributed by atoms with Crippen LogP contribution in [0.4, 0.5) is 18.9 Å². The molecule has 0 aliphatic rings. The zero-order chi connectivity index (χ0) is 27.5. The molecule has 3 aromatic carbocycles. The third kappa shape index (κ3) is 5.53. The van der Waals surface area contributed by atoms with E-state index in [1.807, 2.05) is 0 Å². The molecule has 0 bridgehead atoms. The molecule has 196 valence electrons. The van der Waals surface area contributed by atoms with Crippen LogP contribution in [-0.4, -0.2) is 24.5 Å². The molecule has 38 heavy (non-hydrogen) atoms. The van der Waals surface area contributed by atoms with Crippen LogP contribution in [0.1, 0.15) is 27.0 Å². The highest BCUT2D eigenvalue weighted by Crippen LogP contribution is 2.34. The zero-order valence-electron chi connectivity index (χ0n) is 20.0. The average molecular weight is 542 g/mol. The lowest BCUT2D eigenvalue weighted by molar-refractivity contribution is -0.137. The number of hydroxylamine groups is 1. The first kappa shape index (κ1) is 26.8. The summed E-state index contributed by atoms with van der Waals surface area (Å²) in [6.07, 6.45) is -1.42. The maximum atomic E-state index is 13.9. The Bertz CT molecular complexity index is 1540. The summed E-state index contributed by atoms with van der Waals surface area (Å²) in [7, 11) is -4.27. The van der Waals surface area contributed by atoms with E-state index < -0.39 is 27.7 Å². The minimum absolute atomic E-state index is 0.0543. The summed E-state index contributed by atoms with van der Waals surface area (Å²) in [4.78, 5) is 16.4. The van der Waals surface area contributed by atoms with Crippen molar-refractivity contribution in [3.05, 3.63) is 114 Å². The van der Waals surface area contributed by atoms with Gasteiger partial charge in [-0.1, -0.05) is 42.5 Å². The number of nitrogens with one attached hydrogen (secondary N) is 1. The molecule has 4 aromatic rings. The summed E-state index contributed by atoms with van der Waals surface area (Å²) in [6, 6.07) is 18.2. The van der Waals surface area contributed by atoms with E-state index in [9.17, 15) is 31.6 Å². The summed E-state index contributed by atoms with van der Waals surface area (Å²) in [5.41, 5.74) is 2.82. The van der Waals surface area contributed by atoms with Gasteiger partial charge < -0.3 is 0 Å². The van der Waals surface area contributed by atoms with Gasteiger partial charge in [-0.05, 0) is 65.6 Å². The molecular formula is C27H22F3N3O4S. The number of anilines is 1. The number of para-hydroxylation sites is 1. The van der Waals surface area contributed by atoms with E-state index in [4.69, 9.17) is 0 Å². The van der Waals surface area contributed by atoms with Crippen LogP contribution in [0, 0.1) is 6.92 Å². The molecule has 7 nitrogen and oxygen atoms in total. The van der Waals surface area contributed by atoms with Gasteiger partial charge in [-0.25, -0.2) is 13.9 Å². The number of alkyl halides is 3. The first-order valence-electron chi connectivity index (χ1n) is 11.3. The Kier molecular flexibility index (Phi) is 7.51. The van der Waals surface area contributed by atoms with Crippen LogP contribution in [0.2, 0.25) is 0 Å². The molecular weight excluding hydrogens is 519 g/mol. The SMILES string of the molecule is Cc1cccc(C(=O)NO)c1N(Cc1cccnc1)S(=O)(=O)c1ccc(-c2ccc(C(F)(F)F)cc2)cc1. The fraction of sp³-hybridized carbons (Fsp3) is 0.111. The molecule has 4 rings (SSSR count). The third-order valence-electron chi connectivity index (χ3n) is 5.87. The van der Waals surface area contributed by atoms with Crippen molar-refractivity contribution >= 4 is 21.6 Å². The van der Waals surface area contributed by atoms with Crippen molar-refractivity contribution in [2.45, 2.75) is 24.5 Å². The van der Waals surface area contributed by atoms with E-state index in [0.29, 0.717) is 22.3 Å². The van der Waals surface area contributed by atoms with Crippen LogP contribution in [0.5, 0.6) is 0 Å². The van der Waals surface area contributed by atoms with Crippen molar-refractivity contribution in [1.29, 1.82) is 0 Å². The number of hydrogen-bond donors (Lipinski definition) is 2. The van der Waals surface area contributed by atoms with Crippen molar-refractivity contribution < 1.29 is 31.6 Å². The molecule has 0 saturated heterocycles. The van der Waals surface area contributed by atoms with Crippen LogP contribution in [0.15, 0.2) is 96.2 Å². The maximum Gasteiger partial charge on any atom is 0.416 e. The van der Waals surface area contributed by atoms with Crippen LogP contribution in [-0.2, 0) is 22.7 Å². The van der Waals surface area contributed by atoms with E-state index in [0.717, 1.165) is 16.4 Å². The Hall–Kier alpha value is -4.22. The fourth-order valence-corrected chi connectivity index (χ4v) is 5.51. The Labute approximate surface area is 217 Å². The van der Waals surface area contributed by atoms with E-state index in [2.05, 4.69) is 4.98 Å². The number of aryl methyl sites for hydroxylation is 1. The molecule has 0 atom stereocenters. The summed E-state index contributed by atoms with van der Waals surface area (Å²) in [5, 5.41) is 9.26. The van der Waals surface area contributed by atoms with Gasteiger partial charge in [-0.15, -0.1) is 0 Å². The summed E-state index contributed by atoms with van der Waals surface area (Å²) in [6.45, 7) is 1.48. The van der Waals surface area contributed by atoms with Gasteiger partial charge in [0.05, 0.1) is 28.3 Å². The standard InChI is InChI=1S/C27H22F3N3O4S/c1-18-4-2-6-24(26(34)32-35)25(18)33(17-19-5-3-15-31-16-19)38(36,37)23-13-9-21(10-14-23)20-7-11-22(12-8-20)27(28,29)30/h2-16,35H,17H2,1H3,(H,32,34). The minimum Gasteiger partial charge on any atom is -0.288 e. The average Bonchev–Trinajstić information content (AvgIpc) is 2.91. The first-order chi connectivity index (χ1) is 18.0. The Morgan fingerprint density at radius 2 is 1.58 bits per heavy atom. The van der Waals surface area contributed by atoms with Gasteiger partial charge in [-0.3, -0.25) is 19.3 Å². The highest BCUT2D eigenvalue weighted by molar-refractivity contribution is 7.92. The summed E-state index contributed by atoms with van der Waals surface area (Å²) < 4.78 is 67.6. The maximum absolute atomic E-state index is 13.9. The molecule has 0 aliphatic heterocycles. The predicted molar refractivity (Wildman–Crippen MR) is 135 cm³/mol. The predicted octanol–water partition coefficient (Wildman–Crippen LogP) is 5.59. The van der Waals surface area contributed by atoms with Crippen molar-refractivity contribution in [2.75, 3.05) is 4.31 Å². The zero-order valence-corrected chi connectivity index (χ0v) is 20.8. The number of nitrogens with zero attached hydrogens (tertiary/aromatic N) is 2. The van der Waals surface area contributed by atoms with Crippen LogP contribution < -0.4 is 9.79 Å². The number of rotatable bonds is 7. The summed E-state index contributed by atoms with van der Waals surface area (Å²) in [5.74, 6) is -0.882. The number of carbonyl (C=O) groups is 1. The van der Waals surface area contributed by atoms with Gasteiger partial charge in [0, 0.05) is 12.4 Å². The number of pyridine rings is 1. The Morgan fingerprint density at radius 3 is 2.13 bits per heavy atom. The molecule has 0 aliphatic carbocycles. The molecule has 1 aromatic heterocycles. The smallest absolute Gasteiger partial charge is 0.288 e. The monoisotopic (exact) mass is 541 g/mol. The molecule has 0 fully saturated rings. The number of amides is 1. The van der Waals surface area contributed by atoms with E-state index >= 15 is 0 Å². The second-order valence-corrected chi connectivity index (χ2v) is 10.2. The first-order valence-corrected chi connectivity index (χ1v) is 12.7. The van der Waals surface area contributed by atoms with E-state index in [-0.39, 0.29) is 22.7 Å². The second-order valence-electron chi connectivity index (χ2n) is 8.38. The Balaban J connectivity index is 1.77. The van der Waals surface area contributed by atoms with E-state index in [1.54, 1.807) is 42.9 Å². The normalized spacial score (nSPS) is 11.7. The van der Waals surface area contributed by atoms with Crippen molar-refractivity contribution in [1.82, 2.24) is 10.5 Å². The molecule has 0 unspecified atom stereocenters. The number of carbonyl (C=O) groups excluding carboxylic acids is 1. The molecule has 1 amide bonds. The third-order valence-corrected chi connectivity index (χ3v) is 7.63. The highest BCUT2D eigenvalue weighted by atomic mass is 32.2. The van der Waals surface area contributed by atoms with Gasteiger partial charge in [-0.2, -0.15) is 13.2 Å². The highest BCUT2D eigenvalue weighted by Gasteiger charge is 2.31. The number of sulfonamides is 1. The largest absolute Gasteiger partial charge is 0.416 e. The van der Waals surface area contributed by atoms with Crippen LogP contribution in [0.25, 0.3) is 11.1 Å². The van der Waals surface area contributed by atoms with Crippen molar-refractivity contribution in [3.63, 3.8) is 0 Å². The van der Waals surface area contributed by atoms with Gasteiger partial charge in [0.25, 0.3) is 15.9 Å². The lowest BCUT2D eigenvalue weighted by Gasteiger charge is -2.28. The van der Waals surface area contributed by atoms with Gasteiger partial charge in [0.1, 0.15) is 0 Å². The van der Waals surface area contributed by atoms with Crippen molar-refractivity contribution in [2.24, 2.45) is 0 Å².